The van der Waals surface area contributed by atoms with Gasteiger partial charge in [-0.25, -0.2) is 17.5 Å². The van der Waals surface area contributed by atoms with Crippen molar-refractivity contribution in [1.82, 2.24) is 4.72 Å². The summed E-state index contributed by atoms with van der Waals surface area (Å²) in [5.74, 6) is -0.749. The third kappa shape index (κ3) is 4.38. The molecule has 2 rings (SSSR count). The number of carbonyl (C=O) groups excluding carboxylic acids is 1. The van der Waals surface area contributed by atoms with Crippen molar-refractivity contribution >= 4 is 44.2 Å². The van der Waals surface area contributed by atoms with Gasteiger partial charge in [-0.05, 0) is 48.9 Å². The monoisotopic (exact) mass is 419 g/mol. The zero-order valence-corrected chi connectivity index (χ0v) is 15.1. The minimum Gasteiger partial charge on any atom is -0.289 e. The quantitative estimate of drug-likeness (QED) is 0.573. The molecule has 4 nitrogen and oxygen atoms in total. The number of carbonyl (C=O) groups is 1. The minimum absolute atomic E-state index is 0.260. The van der Waals surface area contributed by atoms with E-state index in [9.17, 15) is 17.6 Å². The Bertz CT molecular complexity index is 816. The van der Waals surface area contributed by atoms with Crippen molar-refractivity contribution in [2.75, 3.05) is 0 Å². The van der Waals surface area contributed by atoms with Crippen LogP contribution >= 0.6 is 27.5 Å². The van der Waals surface area contributed by atoms with Crippen LogP contribution in [-0.2, 0) is 10.9 Å². The fourth-order valence-electron chi connectivity index (χ4n) is 2.05. The summed E-state index contributed by atoms with van der Waals surface area (Å²) in [6.45, 7) is 1.64. The molecule has 2 aromatic rings. The lowest BCUT2D eigenvalue weighted by Gasteiger charge is -2.14. The van der Waals surface area contributed by atoms with Gasteiger partial charge in [0.15, 0.2) is 5.78 Å². The van der Waals surface area contributed by atoms with Crippen LogP contribution in [0.4, 0.5) is 4.39 Å². The largest absolute Gasteiger partial charge is 0.289 e. The number of thiol groups is 1. The van der Waals surface area contributed by atoms with Gasteiger partial charge in [0.05, 0.1) is 0 Å². The predicted molar refractivity (Wildman–Crippen MR) is 90.9 cm³/mol. The van der Waals surface area contributed by atoms with Crippen LogP contribution in [0.25, 0.3) is 0 Å². The summed E-state index contributed by atoms with van der Waals surface area (Å²) in [5, 5.41) is 0.260. The van der Waals surface area contributed by atoms with Crippen molar-refractivity contribution in [1.29, 1.82) is 0 Å². The van der Waals surface area contributed by atoms with E-state index in [0.29, 0.717) is 21.2 Å². The molecule has 23 heavy (non-hydrogen) atoms. The summed E-state index contributed by atoms with van der Waals surface area (Å²) in [4.78, 5) is 12.5. The van der Waals surface area contributed by atoms with Crippen molar-refractivity contribution in [2.45, 2.75) is 13.0 Å². The molecule has 2 aromatic carbocycles. The third-order valence-corrected chi connectivity index (χ3v) is 4.78. The second-order valence-electron chi connectivity index (χ2n) is 4.80. The van der Waals surface area contributed by atoms with Crippen molar-refractivity contribution in [3.63, 3.8) is 0 Å². The molecule has 122 valence electrons. The van der Waals surface area contributed by atoms with Crippen molar-refractivity contribution < 1.29 is 17.6 Å². The first-order valence-corrected chi connectivity index (χ1v) is 8.84. The predicted octanol–water partition coefficient (Wildman–Crippen LogP) is 3.65. The van der Waals surface area contributed by atoms with Crippen LogP contribution in [-0.4, -0.2) is 14.2 Å². The Labute approximate surface area is 147 Å². The van der Waals surface area contributed by atoms with E-state index in [1.165, 1.54) is 30.3 Å². The zero-order valence-electron chi connectivity index (χ0n) is 11.8. The van der Waals surface area contributed by atoms with Gasteiger partial charge in [-0.3, -0.25) is 4.79 Å². The second kappa shape index (κ2) is 7.53. The molecule has 1 atom stereocenters. The molecule has 8 heteroatoms. The maximum absolute atomic E-state index is 12.9. The number of hydrogen-bond donors (Lipinski definition) is 2. The second-order valence-corrected chi connectivity index (χ2v) is 6.83. The van der Waals surface area contributed by atoms with Gasteiger partial charge in [0.1, 0.15) is 5.82 Å². The van der Waals surface area contributed by atoms with Gasteiger partial charge in [-0.1, -0.05) is 27.5 Å². The fraction of sp³-hybridized carbons (Fsp3) is 0.133. The normalized spacial score (nSPS) is 12.4. The Morgan fingerprint density at radius 3 is 2.43 bits per heavy atom. The number of hydrogen-bond acceptors (Lipinski definition) is 3. The molecule has 0 fully saturated rings. The standard InChI is InChI=1S/C15H12BrClFNO3S/c1-8(19-23(21)22)11-6-13(16)12(7-14(11)17)15(20)9-2-4-10(18)5-3-9/h2-8,23H,1H3,(H,19,21,22). The van der Waals surface area contributed by atoms with Crippen LogP contribution in [0.3, 0.4) is 0 Å². The highest BCUT2D eigenvalue weighted by molar-refractivity contribution is 9.10. The Kier molecular flexibility index (Phi) is 5.91. The number of halogens is 3. The summed E-state index contributed by atoms with van der Waals surface area (Å²) >= 11 is 9.46. The molecule has 0 heterocycles. The molecular formula is C15H12BrClFNO3S. The summed E-state index contributed by atoms with van der Waals surface area (Å²) in [7, 11) is -2.77. The van der Waals surface area contributed by atoms with E-state index in [4.69, 9.17) is 11.6 Å². The van der Waals surface area contributed by atoms with Gasteiger partial charge in [-0.15, -0.1) is 0 Å². The minimum atomic E-state index is -2.77. The number of benzene rings is 2. The van der Waals surface area contributed by atoms with E-state index >= 15 is 0 Å². The van der Waals surface area contributed by atoms with Gasteiger partial charge in [-0.2, -0.15) is 0 Å². The van der Waals surface area contributed by atoms with Crippen LogP contribution in [0, 0.1) is 5.82 Å². The Morgan fingerprint density at radius 2 is 1.87 bits per heavy atom. The summed E-state index contributed by atoms with van der Waals surface area (Å²) in [6, 6.07) is 7.70. The van der Waals surface area contributed by atoms with Gasteiger partial charge >= 0.3 is 0 Å². The van der Waals surface area contributed by atoms with Crippen molar-refractivity contribution in [2.24, 2.45) is 0 Å². The molecule has 0 aromatic heterocycles. The molecule has 0 radical (unpaired) electrons. The topological polar surface area (TPSA) is 63.2 Å². The smallest absolute Gasteiger partial charge is 0.201 e. The van der Waals surface area contributed by atoms with Gasteiger partial charge in [0, 0.05) is 26.7 Å². The number of nitrogens with one attached hydrogen (secondary N) is 1. The maximum atomic E-state index is 12.9. The van der Waals surface area contributed by atoms with Gasteiger partial charge < -0.3 is 0 Å². The molecule has 0 saturated carbocycles. The van der Waals surface area contributed by atoms with Crippen LogP contribution < -0.4 is 4.72 Å². The molecule has 0 spiro atoms. The molecule has 0 amide bonds. The molecule has 0 saturated heterocycles. The first-order valence-electron chi connectivity index (χ1n) is 6.49. The molecule has 0 aliphatic heterocycles. The fourth-order valence-corrected chi connectivity index (χ4v) is 3.38. The Hall–Kier alpha value is -1.28. The highest BCUT2D eigenvalue weighted by Crippen LogP contribution is 2.31. The first-order chi connectivity index (χ1) is 10.8. The van der Waals surface area contributed by atoms with Crippen LogP contribution in [0.15, 0.2) is 40.9 Å². The lowest BCUT2D eigenvalue weighted by molar-refractivity contribution is 0.103. The highest BCUT2D eigenvalue weighted by atomic mass is 79.9. The average molecular weight is 421 g/mol. The third-order valence-electron chi connectivity index (χ3n) is 3.20. The summed E-state index contributed by atoms with van der Waals surface area (Å²) in [5.41, 5.74) is 1.17. The van der Waals surface area contributed by atoms with Crippen LogP contribution in [0.1, 0.15) is 34.5 Å². The van der Waals surface area contributed by atoms with E-state index < -0.39 is 22.7 Å². The Balaban J connectivity index is 2.39. The summed E-state index contributed by atoms with van der Waals surface area (Å²) < 4.78 is 37.3. The maximum Gasteiger partial charge on any atom is 0.201 e. The van der Waals surface area contributed by atoms with Crippen LogP contribution in [0.5, 0.6) is 0 Å². The lowest BCUT2D eigenvalue weighted by Crippen LogP contribution is -2.17. The molecule has 1 N–H and O–H groups in total. The van der Waals surface area contributed by atoms with Crippen LogP contribution in [0.2, 0.25) is 5.02 Å². The first kappa shape index (κ1) is 18.1. The molecule has 1 unspecified atom stereocenters. The van der Waals surface area contributed by atoms with Crippen molar-refractivity contribution in [3.05, 3.63) is 68.4 Å². The highest BCUT2D eigenvalue weighted by Gasteiger charge is 2.18. The molecular weight excluding hydrogens is 409 g/mol. The number of ketones is 1. The zero-order chi connectivity index (χ0) is 17.1. The average Bonchev–Trinajstić information content (AvgIpc) is 2.48. The SMILES string of the molecule is CC(N[SH](=O)=O)c1cc(Br)c(C(=O)c2ccc(F)cc2)cc1Cl. The number of rotatable bonds is 5. The van der Waals surface area contributed by atoms with Gasteiger partial charge in [0.25, 0.3) is 0 Å². The van der Waals surface area contributed by atoms with E-state index in [-0.39, 0.29) is 10.8 Å². The van der Waals surface area contributed by atoms with Gasteiger partial charge in [0.2, 0.25) is 10.9 Å². The summed E-state index contributed by atoms with van der Waals surface area (Å²) in [6.07, 6.45) is 0. The molecule has 0 aliphatic carbocycles. The van der Waals surface area contributed by atoms with E-state index in [1.807, 2.05) is 0 Å². The van der Waals surface area contributed by atoms with E-state index in [1.54, 1.807) is 13.0 Å². The lowest BCUT2D eigenvalue weighted by atomic mass is 10.00. The molecule has 0 bridgehead atoms. The van der Waals surface area contributed by atoms with Crippen molar-refractivity contribution in [3.8, 4) is 0 Å². The van der Waals surface area contributed by atoms with E-state index in [2.05, 4.69) is 20.7 Å². The van der Waals surface area contributed by atoms with E-state index in [0.717, 1.165) is 0 Å². The molecule has 0 aliphatic rings. The Morgan fingerprint density at radius 1 is 1.26 bits per heavy atom.